The van der Waals surface area contributed by atoms with E-state index in [1.54, 1.807) is 0 Å². The third kappa shape index (κ3) is 6.52. The van der Waals surface area contributed by atoms with E-state index in [2.05, 4.69) is 50.4 Å². The average Bonchev–Trinajstić information content (AvgIpc) is 2.29. The highest BCUT2D eigenvalue weighted by molar-refractivity contribution is 9.10. The van der Waals surface area contributed by atoms with E-state index in [1.165, 1.54) is 5.56 Å². The fraction of sp³-hybridized carbons (Fsp3) is 0.600. The molecule has 0 saturated carbocycles. The van der Waals surface area contributed by atoms with Crippen LogP contribution in [0.1, 0.15) is 31.9 Å². The lowest BCUT2D eigenvalue weighted by Gasteiger charge is -2.27. The zero-order valence-corrected chi connectivity index (χ0v) is 13.9. The molecule has 1 aromatic rings. The molecule has 0 fully saturated rings. The highest BCUT2D eigenvalue weighted by atomic mass is 79.9. The first kappa shape index (κ1) is 16.6. The highest BCUT2D eigenvalue weighted by Crippen LogP contribution is 2.19. The second-order valence-electron chi connectivity index (χ2n) is 5.73. The summed E-state index contributed by atoms with van der Waals surface area (Å²) in [4.78, 5) is 2.17. The topological polar surface area (TPSA) is 35.5 Å². The third-order valence-electron chi connectivity index (χ3n) is 3.08. The molecule has 0 aromatic heterocycles. The van der Waals surface area contributed by atoms with Crippen molar-refractivity contribution in [3.8, 4) is 0 Å². The van der Waals surface area contributed by atoms with Gasteiger partial charge in [0, 0.05) is 17.1 Å². The van der Waals surface area contributed by atoms with Gasteiger partial charge in [0.05, 0.1) is 5.60 Å². The zero-order valence-electron chi connectivity index (χ0n) is 12.3. The van der Waals surface area contributed by atoms with Crippen LogP contribution in [0.15, 0.2) is 28.7 Å². The van der Waals surface area contributed by atoms with Crippen LogP contribution < -0.4 is 5.32 Å². The van der Waals surface area contributed by atoms with E-state index < -0.39 is 5.60 Å². The molecule has 1 atom stereocenters. The van der Waals surface area contributed by atoms with E-state index in [4.69, 9.17) is 0 Å². The van der Waals surface area contributed by atoms with Crippen molar-refractivity contribution in [1.82, 2.24) is 10.2 Å². The average molecular weight is 329 g/mol. The van der Waals surface area contributed by atoms with Crippen LogP contribution in [-0.2, 0) is 0 Å². The summed E-state index contributed by atoms with van der Waals surface area (Å²) in [6.07, 6.45) is 1.02. The summed E-state index contributed by atoms with van der Waals surface area (Å²) < 4.78 is 1.10. The van der Waals surface area contributed by atoms with Crippen LogP contribution in [0, 0.1) is 0 Å². The molecule has 19 heavy (non-hydrogen) atoms. The first-order chi connectivity index (χ1) is 8.81. The van der Waals surface area contributed by atoms with Gasteiger partial charge in [0.25, 0.3) is 0 Å². The standard InChI is InChI=1S/C15H25BrN2O/c1-15(2,19)11-18(4)10-9-14(17-3)12-5-7-13(16)8-6-12/h5-8,14,17,19H,9-11H2,1-4H3. The normalized spacial score (nSPS) is 13.8. The van der Waals surface area contributed by atoms with E-state index in [9.17, 15) is 5.11 Å². The maximum absolute atomic E-state index is 9.80. The molecule has 1 unspecified atom stereocenters. The van der Waals surface area contributed by atoms with Gasteiger partial charge in [-0.2, -0.15) is 0 Å². The Kier molecular flexibility index (Phi) is 6.47. The Morgan fingerprint density at radius 1 is 1.32 bits per heavy atom. The molecule has 0 aliphatic heterocycles. The van der Waals surface area contributed by atoms with Crippen LogP contribution in [0.5, 0.6) is 0 Å². The summed E-state index contributed by atoms with van der Waals surface area (Å²) in [6.45, 7) is 5.32. The number of rotatable bonds is 7. The Morgan fingerprint density at radius 2 is 1.89 bits per heavy atom. The third-order valence-corrected chi connectivity index (χ3v) is 3.61. The van der Waals surface area contributed by atoms with E-state index in [0.717, 1.165) is 17.4 Å². The predicted octanol–water partition coefficient (Wildman–Crippen LogP) is 2.80. The Hall–Kier alpha value is -0.420. The van der Waals surface area contributed by atoms with Crippen molar-refractivity contribution in [3.63, 3.8) is 0 Å². The molecule has 4 heteroatoms. The Morgan fingerprint density at radius 3 is 2.37 bits per heavy atom. The van der Waals surface area contributed by atoms with E-state index in [0.29, 0.717) is 12.6 Å². The van der Waals surface area contributed by atoms with Gasteiger partial charge in [-0.05, 0) is 58.6 Å². The van der Waals surface area contributed by atoms with Gasteiger partial charge in [-0.1, -0.05) is 28.1 Å². The van der Waals surface area contributed by atoms with Crippen LogP contribution in [-0.4, -0.2) is 42.8 Å². The Labute approximate surface area is 125 Å². The van der Waals surface area contributed by atoms with Gasteiger partial charge >= 0.3 is 0 Å². The molecule has 0 heterocycles. The Bertz CT molecular complexity index is 373. The van der Waals surface area contributed by atoms with Crippen LogP contribution >= 0.6 is 15.9 Å². The number of hydrogen-bond donors (Lipinski definition) is 2. The van der Waals surface area contributed by atoms with Crippen LogP contribution in [0.4, 0.5) is 0 Å². The number of hydrogen-bond acceptors (Lipinski definition) is 3. The zero-order chi connectivity index (χ0) is 14.5. The second-order valence-corrected chi connectivity index (χ2v) is 6.65. The molecule has 2 N–H and O–H groups in total. The quantitative estimate of drug-likeness (QED) is 0.807. The van der Waals surface area contributed by atoms with E-state index in [1.807, 2.05) is 27.9 Å². The maximum atomic E-state index is 9.80. The van der Waals surface area contributed by atoms with E-state index >= 15 is 0 Å². The largest absolute Gasteiger partial charge is 0.389 e. The lowest BCUT2D eigenvalue weighted by molar-refractivity contribution is 0.0436. The molecular weight excluding hydrogens is 304 g/mol. The summed E-state index contributed by atoms with van der Waals surface area (Å²) in [5, 5.41) is 13.1. The van der Waals surface area contributed by atoms with E-state index in [-0.39, 0.29) is 0 Å². The number of likely N-dealkylation sites (N-methyl/N-ethyl adjacent to an activating group) is 1. The first-order valence-electron chi connectivity index (χ1n) is 6.65. The molecule has 108 valence electrons. The minimum atomic E-state index is -0.637. The summed E-state index contributed by atoms with van der Waals surface area (Å²) in [5.41, 5.74) is 0.656. The minimum absolute atomic E-state index is 0.345. The van der Waals surface area contributed by atoms with Crippen molar-refractivity contribution >= 4 is 15.9 Å². The smallest absolute Gasteiger partial charge is 0.0718 e. The van der Waals surface area contributed by atoms with Gasteiger partial charge in [0.2, 0.25) is 0 Å². The number of aliphatic hydroxyl groups is 1. The first-order valence-corrected chi connectivity index (χ1v) is 7.45. The molecule has 0 spiro atoms. The number of halogens is 1. The number of benzene rings is 1. The monoisotopic (exact) mass is 328 g/mol. The number of nitrogens with one attached hydrogen (secondary N) is 1. The van der Waals surface area contributed by atoms with Crippen molar-refractivity contribution < 1.29 is 5.11 Å². The molecule has 1 aromatic carbocycles. The SMILES string of the molecule is CNC(CCN(C)CC(C)(C)O)c1ccc(Br)cc1. The van der Waals surface area contributed by atoms with Gasteiger partial charge in [0.1, 0.15) is 0 Å². The molecule has 0 aliphatic carbocycles. The molecule has 1 rings (SSSR count). The van der Waals surface area contributed by atoms with Crippen LogP contribution in [0.2, 0.25) is 0 Å². The molecule has 3 nitrogen and oxygen atoms in total. The van der Waals surface area contributed by atoms with Gasteiger partial charge < -0.3 is 15.3 Å². The predicted molar refractivity (Wildman–Crippen MR) is 84.4 cm³/mol. The number of nitrogens with zero attached hydrogens (tertiary/aromatic N) is 1. The van der Waals surface area contributed by atoms with Crippen molar-refractivity contribution in [3.05, 3.63) is 34.3 Å². The minimum Gasteiger partial charge on any atom is -0.389 e. The molecule has 0 saturated heterocycles. The summed E-state index contributed by atoms with van der Waals surface area (Å²) in [7, 11) is 4.04. The molecular formula is C15H25BrN2O. The van der Waals surface area contributed by atoms with Gasteiger partial charge in [0.15, 0.2) is 0 Å². The van der Waals surface area contributed by atoms with Crippen LogP contribution in [0.25, 0.3) is 0 Å². The Balaban J connectivity index is 2.51. The van der Waals surface area contributed by atoms with Gasteiger partial charge in [-0.3, -0.25) is 0 Å². The lowest BCUT2D eigenvalue weighted by Crippen LogP contribution is -2.37. The van der Waals surface area contributed by atoms with Crippen LogP contribution in [0.3, 0.4) is 0 Å². The molecule has 0 bridgehead atoms. The fourth-order valence-electron chi connectivity index (χ4n) is 2.26. The summed E-state index contributed by atoms with van der Waals surface area (Å²) in [5.74, 6) is 0. The molecule has 0 radical (unpaired) electrons. The van der Waals surface area contributed by atoms with Gasteiger partial charge in [-0.25, -0.2) is 0 Å². The lowest BCUT2D eigenvalue weighted by atomic mass is 10.0. The summed E-state index contributed by atoms with van der Waals surface area (Å²) >= 11 is 3.46. The second kappa shape index (κ2) is 7.39. The fourth-order valence-corrected chi connectivity index (χ4v) is 2.53. The van der Waals surface area contributed by atoms with Crippen molar-refractivity contribution in [2.45, 2.75) is 31.9 Å². The van der Waals surface area contributed by atoms with Crippen molar-refractivity contribution in [1.29, 1.82) is 0 Å². The highest BCUT2D eigenvalue weighted by Gasteiger charge is 2.17. The van der Waals surface area contributed by atoms with Crippen molar-refractivity contribution in [2.24, 2.45) is 0 Å². The molecule has 0 aliphatic rings. The molecule has 0 amide bonds. The maximum Gasteiger partial charge on any atom is 0.0718 e. The van der Waals surface area contributed by atoms with Gasteiger partial charge in [-0.15, -0.1) is 0 Å². The van der Waals surface area contributed by atoms with Crippen molar-refractivity contribution in [2.75, 3.05) is 27.2 Å². The summed E-state index contributed by atoms with van der Waals surface area (Å²) in [6, 6.07) is 8.76.